The number of hydrogen-bond acceptors (Lipinski definition) is 6. The van der Waals surface area contributed by atoms with E-state index in [-0.39, 0.29) is 22.8 Å². The van der Waals surface area contributed by atoms with Crippen molar-refractivity contribution in [3.63, 3.8) is 0 Å². The van der Waals surface area contributed by atoms with E-state index < -0.39 is 21.8 Å². The molecule has 2 heterocycles. The molecule has 1 saturated heterocycles. The van der Waals surface area contributed by atoms with Gasteiger partial charge in [0, 0.05) is 31.8 Å². The third-order valence-electron chi connectivity index (χ3n) is 4.41. The quantitative estimate of drug-likeness (QED) is 0.777. The molecule has 2 aromatic rings. The summed E-state index contributed by atoms with van der Waals surface area (Å²) < 4.78 is 31.7. The molecule has 0 saturated carbocycles. The summed E-state index contributed by atoms with van der Waals surface area (Å²) in [5.74, 6) is -0.0761. The van der Waals surface area contributed by atoms with Crippen LogP contribution in [-0.4, -0.2) is 61.3 Å². The van der Waals surface area contributed by atoms with E-state index in [0.717, 1.165) is 12.8 Å². The van der Waals surface area contributed by atoms with Crippen molar-refractivity contribution in [2.75, 3.05) is 32.0 Å². The van der Waals surface area contributed by atoms with Gasteiger partial charge in [-0.15, -0.1) is 0 Å². The molecule has 1 aromatic heterocycles. The van der Waals surface area contributed by atoms with Gasteiger partial charge in [-0.1, -0.05) is 11.2 Å². The van der Waals surface area contributed by atoms with Crippen LogP contribution < -0.4 is 5.32 Å². The Balaban J connectivity index is 1.68. The Bertz CT molecular complexity index is 979. The number of amides is 2. The van der Waals surface area contributed by atoms with E-state index in [1.807, 2.05) is 0 Å². The highest BCUT2D eigenvalue weighted by Gasteiger charge is 2.28. The fourth-order valence-electron chi connectivity index (χ4n) is 2.98. The van der Waals surface area contributed by atoms with Crippen LogP contribution in [0.5, 0.6) is 0 Å². The van der Waals surface area contributed by atoms with Crippen LogP contribution in [0.3, 0.4) is 0 Å². The van der Waals surface area contributed by atoms with E-state index in [2.05, 4.69) is 10.5 Å². The van der Waals surface area contributed by atoms with Crippen molar-refractivity contribution in [3.8, 4) is 0 Å². The maximum absolute atomic E-state index is 12.7. The number of carbonyl (C=O) groups is 2. The highest BCUT2D eigenvalue weighted by Crippen LogP contribution is 2.22. The Morgan fingerprint density at radius 1 is 1.25 bits per heavy atom. The zero-order valence-electron chi connectivity index (χ0n) is 15.7. The van der Waals surface area contributed by atoms with Crippen LogP contribution in [0.1, 0.15) is 29.0 Å². The third-order valence-corrected chi connectivity index (χ3v) is 6.30. The fourth-order valence-corrected chi connectivity index (χ4v) is 4.55. The summed E-state index contributed by atoms with van der Waals surface area (Å²) in [6, 6.07) is 7.45. The first-order valence-corrected chi connectivity index (χ1v) is 10.3. The molecule has 1 N–H and O–H groups in total. The monoisotopic (exact) mass is 406 g/mol. The normalized spacial score (nSPS) is 14.8. The van der Waals surface area contributed by atoms with Crippen LogP contribution in [0.15, 0.2) is 39.8 Å². The van der Waals surface area contributed by atoms with Gasteiger partial charge in [0.25, 0.3) is 5.91 Å². The number of aryl methyl sites for hydroxylation is 1. The van der Waals surface area contributed by atoms with Gasteiger partial charge in [-0.25, -0.2) is 8.42 Å². The van der Waals surface area contributed by atoms with Gasteiger partial charge in [0.05, 0.1) is 11.4 Å². The van der Waals surface area contributed by atoms with Gasteiger partial charge >= 0.3 is 0 Å². The molecule has 10 heteroatoms. The maximum Gasteiger partial charge on any atom is 0.254 e. The molecule has 1 fully saturated rings. The summed E-state index contributed by atoms with van der Waals surface area (Å²) in [6.07, 6.45) is 1.67. The van der Waals surface area contributed by atoms with Crippen molar-refractivity contribution in [1.29, 1.82) is 0 Å². The summed E-state index contributed by atoms with van der Waals surface area (Å²) in [5.41, 5.74) is 0.202. The molecular formula is C18H22N4O5S. The highest BCUT2D eigenvalue weighted by atomic mass is 32.2. The summed E-state index contributed by atoms with van der Waals surface area (Å²) in [5, 5.41) is 6.19. The second kappa shape index (κ2) is 8.11. The minimum absolute atomic E-state index is 0.0798. The number of carbonyl (C=O) groups excluding carboxylic acids is 2. The predicted octanol–water partition coefficient (Wildman–Crippen LogP) is 1.48. The minimum Gasteiger partial charge on any atom is -0.360 e. The SMILES string of the molecule is Cc1cc(NC(=O)CN(C)C(=O)c2cccc(S(=O)(=O)N3CCCC3)c2)no1. The Labute approximate surface area is 163 Å². The number of sulfonamides is 1. The Kier molecular flexibility index (Phi) is 5.80. The third kappa shape index (κ3) is 4.39. The number of benzene rings is 1. The molecule has 1 aromatic carbocycles. The highest BCUT2D eigenvalue weighted by molar-refractivity contribution is 7.89. The van der Waals surface area contributed by atoms with Crippen LogP contribution in [0.25, 0.3) is 0 Å². The first-order chi connectivity index (χ1) is 13.3. The lowest BCUT2D eigenvalue weighted by molar-refractivity contribution is -0.116. The maximum atomic E-state index is 12.7. The van der Waals surface area contributed by atoms with Gasteiger partial charge in [0.1, 0.15) is 5.76 Å². The van der Waals surface area contributed by atoms with E-state index in [9.17, 15) is 18.0 Å². The molecule has 0 atom stereocenters. The lowest BCUT2D eigenvalue weighted by Crippen LogP contribution is -2.35. The lowest BCUT2D eigenvalue weighted by atomic mass is 10.2. The number of nitrogens with one attached hydrogen (secondary N) is 1. The molecule has 1 aliphatic rings. The molecule has 0 radical (unpaired) electrons. The van der Waals surface area contributed by atoms with Gasteiger partial charge in [-0.3, -0.25) is 9.59 Å². The average molecular weight is 406 g/mol. The Hall–Kier alpha value is -2.72. The van der Waals surface area contributed by atoms with Crippen molar-refractivity contribution in [2.24, 2.45) is 0 Å². The second-order valence-corrected chi connectivity index (χ2v) is 8.61. The fraction of sp³-hybridized carbons (Fsp3) is 0.389. The smallest absolute Gasteiger partial charge is 0.254 e. The average Bonchev–Trinajstić information content (AvgIpc) is 3.33. The van der Waals surface area contributed by atoms with Crippen LogP contribution >= 0.6 is 0 Å². The standard InChI is InChI=1S/C18H22N4O5S/c1-13-10-16(20-27-13)19-17(23)12-21(2)18(24)14-6-5-7-15(11-14)28(25,26)22-8-3-4-9-22/h5-7,10-11H,3-4,8-9,12H2,1-2H3,(H,19,20,23). The van der Waals surface area contributed by atoms with Crippen LogP contribution in [0.2, 0.25) is 0 Å². The zero-order chi connectivity index (χ0) is 20.3. The summed E-state index contributed by atoms with van der Waals surface area (Å²) >= 11 is 0. The number of rotatable bonds is 6. The first-order valence-electron chi connectivity index (χ1n) is 8.86. The largest absolute Gasteiger partial charge is 0.360 e. The van der Waals surface area contributed by atoms with Crippen LogP contribution in [0, 0.1) is 6.92 Å². The van der Waals surface area contributed by atoms with E-state index >= 15 is 0 Å². The van der Waals surface area contributed by atoms with Crippen molar-refractivity contribution < 1.29 is 22.5 Å². The molecule has 0 bridgehead atoms. The molecule has 150 valence electrons. The lowest BCUT2D eigenvalue weighted by Gasteiger charge is -2.18. The molecular weight excluding hydrogens is 384 g/mol. The molecule has 0 unspecified atom stereocenters. The van der Waals surface area contributed by atoms with Crippen LogP contribution in [-0.2, 0) is 14.8 Å². The van der Waals surface area contributed by atoms with E-state index in [1.165, 1.54) is 40.5 Å². The minimum atomic E-state index is -3.62. The van der Waals surface area contributed by atoms with E-state index in [4.69, 9.17) is 4.52 Å². The van der Waals surface area contributed by atoms with Crippen LogP contribution in [0.4, 0.5) is 5.82 Å². The number of likely N-dealkylation sites (N-methyl/N-ethyl adjacent to an activating group) is 1. The number of nitrogens with zero attached hydrogens (tertiary/aromatic N) is 3. The van der Waals surface area contributed by atoms with Gasteiger partial charge < -0.3 is 14.7 Å². The summed E-state index contributed by atoms with van der Waals surface area (Å²) in [4.78, 5) is 26.0. The summed E-state index contributed by atoms with van der Waals surface area (Å²) in [6.45, 7) is 2.46. The number of anilines is 1. The molecule has 28 heavy (non-hydrogen) atoms. The predicted molar refractivity (Wildman–Crippen MR) is 101 cm³/mol. The molecule has 3 rings (SSSR count). The molecule has 2 amide bonds. The Morgan fingerprint density at radius 2 is 1.96 bits per heavy atom. The zero-order valence-corrected chi connectivity index (χ0v) is 16.5. The van der Waals surface area contributed by atoms with Crippen molar-refractivity contribution in [2.45, 2.75) is 24.7 Å². The molecule has 0 aliphatic carbocycles. The van der Waals surface area contributed by atoms with Gasteiger partial charge in [-0.05, 0) is 38.0 Å². The molecule has 0 spiro atoms. The molecule has 9 nitrogen and oxygen atoms in total. The van der Waals surface area contributed by atoms with Gasteiger partial charge in [0.2, 0.25) is 15.9 Å². The van der Waals surface area contributed by atoms with Crippen molar-refractivity contribution in [1.82, 2.24) is 14.4 Å². The number of hydrogen-bond donors (Lipinski definition) is 1. The molecule has 1 aliphatic heterocycles. The Morgan fingerprint density at radius 3 is 2.61 bits per heavy atom. The van der Waals surface area contributed by atoms with E-state index in [0.29, 0.717) is 18.8 Å². The second-order valence-electron chi connectivity index (χ2n) is 6.67. The topological polar surface area (TPSA) is 113 Å². The van der Waals surface area contributed by atoms with Crippen molar-refractivity contribution in [3.05, 3.63) is 41.7 Å². The first kappa shape index (κ1) is 20.0. The number of aromatic nitrogens is 1. The van der Waals surface area contributed by atoms with Crippen molar-refractivity contribution >= 4 is 27.7 Å². The van der Waals surface area contributed by atoms with Gasteiger partial charge in [-0.2, -0.15) is 4.31 Å². The van der Waals surface area contributed by atoms with E-state index in [1.54, 1.807) is 13.0 Å². The van der Waals surface area contributed by atoms with Gasteiger partial charge in [0.15, 0.2) is 5.82 Å². The summed E-state index contributed by atoms with van der Waals surface area (Å²) in [7, 11) is -2.15.